The van der Waals surface area contributed by atoms with Crippen LogP contribution >= 0.6 is 15.9 Å². The van der Waals surface area contributed by atoms with E-state index in [-0.39, 0.29) is 6.61 Å². The van der Waals surface area contributed by atoms with Crippen LogP contribution < -0.4 is 20.9 Å². The number of carbonyl (C=O) groups excluding carboxylic acids is 2. The number of hydrogen-bond donors (Lipinski definition) is 3. The first-order valence-electron chi connectivity index (χ1n) is 7.40. The standard InChI is InChI=1S/C17H18BrN3O3/c1-2-12-8-9-15(14(18)10-12)24-11-16(22)20-21-17(23)19-13-6-4-3-5-7-13/h3-10H,2,11H2,1H3,(H,20,22)(H2,19,21,23). The molecule has 0 heterocycles. The number of anilines is 1. The van der Waals surface area contributed by atoms with E-state index in [1.165, 1.54) is 0 Å². The number of amides is 3. The molecular formula is C17H18BrN3O3. The summed E-state index contributed by atoms with van der Waals surface area (Å²) in [5, 5.41) is 2.58. The molecule has 0 bridgehead atoms. The van der Waals surface area contributed by atoms with Gasteiger partial charge in [-0.2, -0.15) is 0 Å². The van der Waals surface area contributed by atoms with Gasteiger partial charge in [0.1, 0.15) is 5.75 Å². The van der Waals surface area contributed by atoms with E-state index in [0.717, 1.165) is 16.5 Å². The Morgan fingerprint density at radius 2 is 1.83 bits per heavy atom. The maximum Gasteiger partial charge on any atom is 0.337 e. The third-order valence-electron chi connectivity index (χ3n) is 3.11. The van der Waals surface area contributed by atoms with Crippen LogP contribution in [0.5, 0.6) is 5.75 Å². The molecule has 0 aliphatic rings. The van der Waals surface area contributed by atoms with Gasteiger partial charge in [0.15, 0.2) is 6.61 Å². The highest BCUT2D eigenvalue weighted by molar-refractivity contribution is 9.10. The van der Waals surface area contributed by atoms with Crippen molar-refractivity contribution in [2.24, 2.45) is 0 Å². The van der Waals surface area contributed by atoms with E-state index in [4.69, 9.17) is 4.74 Å². The van der Waals surface area contributed by atoms with Gasteiger partial charge in [0, 0.05) is 5.69 Å². The first kappa shape index (κ1) is 17.8. The highest BCUT2D eigenvalue weighted by Gasteiger charge is 2.08. The number of rotatable bonds is 5. The molecule has 0 aliphatic heterocycles. The van der Waals surface area contributed by atoms with Crippen molar-refractivity contribution >= 4 is 33.6 Å². The third-order valence-corrected chi connectivity index (χ3v) is 3.73. The van der Waals surface area contributed by atoms with Crippen molar-refractivity contribution in [3.8, 4) is 5.75 Å². The monoisotopic (exact) mass is 391 g/mol. The molecule has 0 aliphatic carbocycles. The van der Waals surface area contributed by atoms with E-state index in [0.29, 0.717) is 11.4 Å². The fourth-order valence-corrected chi connectivity index (χ4v) is 2.41. The Bertz CT molecular complexity index is 707. The third kappa shape index (κ3) is 5.58. The second-order valence-electron chi connectivity index (χ2n) is 4.90. The summed E-state index contributed by atoms with van der Waals surface area (Å²) in [7, 11) is 0. The van der Waals surface area contributed by atoms with Gasteiger partial charge in [0.2, 0.25) is 0 Å². The van der Waals surface area contributed by atoms with Crippen molar-refractivity contribution in [2.75, 3.05) is 11.9 Å². The topological polar surface area (TPSA) is 79.5 Å². The molecule has 3 N–H and O–H groups in total. The zero-order chi connectivity index (χ0) is 17.4. The minimum absolute atomic E-state index is 0.213. The van der Waals surface area contributed by atoms with Gasteiger partial charge >= 0.3 is 6.03 Å². The van der Waals surface area contributed by atoms with Crippen LogP contribution in [-0.4, -0.2) is 18.5 Å². The summed E-state index contributed by atoms with van der Waals surface area (Å²) in [4.78, 5) is 23.3. The lowest BCUT2D eigenvalue weighted by Crippen LogP contribution is -2.45. The zero-order valence-electron chi connectivity index (χ0n) is 13.1. The Morgan fingerprint density at radius 1 is 1.08 bits per heavy atom. The number of para-hydroxylation sites is 1. The minimum Gasteiger partial charge on any atom is -0.483 e. The van der Waals surface area contributed by atoms with Crippen LogP contribution in [-0.2, 0) is 11.2 Å². The number of hydrazine groups is 1. The maximum absolute atomic E-state index is 11.7. The first-order chi connectivity index (χ1) is 11.6. The van der Waals surface area contributed by atoms with Gasteiger partial charge in [-0.15, -0.1) is 0 Å². The van der Waals surface area contributed by atoms with Crippen LogP contribution in [0.4, 0.5) is 10.5 Å². The first-order valence-corrected chi connectivity index (χ1v) is 8.20. The van der Waals surface area contributed by atoms with Gasteiger partial charge in [0.25, 0.3) is 5.91 Å². The number of aryl methyl sites for hydroxylation is 1. The quantitative estimate of drug-likeness (QED) is 0.684. The summed E-state index contributed by atoms with van der Waals surface area (Å²) in [5.41, 5.74) is 6.32. The highest BCUT2D eigenvalue weighted by atomic mass is 79.9. The van der Waals surface area contributed by atoms with Crippen LogP contribution in [0.15, 0.2) is 53.0 Å². The van der Waals surface area contributed by atoms with Crippen LogP contribution in [0.1, 0.15) is 12.5 Å². The summed E-state index contributed by atoms with van der Waals surface area (Å²) < 4.78 is 6.20. The highest BCUT2D eigenvalue weighted by Crippen LogP contribution is 2.26. The van der Waals surface area contributed by atoms with Crippen LogP contribution in [0.3, 0.4) is 0 Å². The molecule has 24 heavy (non-hydrogen) atoms. The fourth-order valence-electron chi connectivity index (χ4n) is 1.87. The van der Waals surface area contributed by atoms with E-state index in [1.807, 2.05) is 18.2 Å². The number of hydrogen-bond acceptors (Lipinski definition) is 3. The summed E-state index contributed by atoms with van der Waals surface area (Å²) in [6.07, 6.45) is 0.916. The van der Waals surface area contributed by atoms with E-state index in [1.54, 1.807) is 30.3 Å². The lowest BCUT2D eigenvalue weighted by Gasteiger charge is -2.11. The van der Waals surface area contributed by atoms with Gasteiger partial charge in [-0.3, -0.25) is 10.2 Å². The van der Waals surface area contributed by atoms with Gasteiger partial charge in [-0.05, 0) is 52.2 Å². The van der Waals surface area contributed by atoms with Crippen molar-refractivity contribution in [3.05, 3.63) is 58.6 Å². The Kier molecular flexibility index (Phi) is 6.62. The van der Waals surface area contributed by atoms with Gasteiger partial charge in [0.05, 0.1) is 4.47 Å². The van der Waals surface area contributed by atoms with Crippen molar-refractivity contribution < 1.29 is 14.3 Å². The van der Waals surface area contributed by atoms with Crippen molar-refractivity contribution in [3.63, 3.8) is 0 Å². The molecule has 126 valence electrons. The number of ether oxygens (including phenoxy) is 1. The molecular weight excluding hydrogens is 374 g/mol. The number of carbonyl (C=O) groups is 2. The Balaban J connectivity index is 1.74. The summed E-state index contributed by atoms with van der Waals surface area (Å²) in [5.74, 6) is 0.0979. The summed E-state index contributed by atoms with van der Waals surface area (Å²) in [6, 6.07) is 14.0. The molecule has 0 unspecified atom stereocenters. The molecule has 0 spiro atoms. The molecule has 3 amide bonds. The SMILES string of the molecule is CCc1ccc(OCC(=O)NNC(=O)Nc2ccccc2)c(Br)c1. The van der Waals surface area contributed by atoms with Gasteiger partial charge in [-0.25, -0.2) is 10.2 Å². The molecule has 2 aromatic carbocycles. The second-order valence-corrected chi connectivity index (χ2v) is 5.75. The Labute approximate surface area is 148 Å². The fraction of sp³-hybridized carbons (Fsp3) is 0.176. The second kappa shape index (κ2) is 8.93. The summed E-state index contributed by atoms with van der Waals surface area (Å²) in [6.45, 7) is 1.84. The predicted octanol–water partition coefficient (Wildman–Crippen LogP) is 3.24. The van der Waals surface area contributed by atoms with E-state index >= 15 is 0 Å². The van der Waals surface area contributed by atoms with Gasteiger partial charge < -0.3 is 10.1 Å². The normalized spacial score (nSPS) is 9.92. The molecule has 6 nitrogen and oxygen atoms in total. The molecule has 2 aromatic rings. The van der Waals surface area contributed by atoms with Gasteiger partial charge in [-0.1, -0.05) is 31.2 Å². The van der Waals surface area contributed by atoms with Crippen LogP contribution in [0.2, 0.25) is 0 Å². The summed E-state index contributed by atoms with van der Waals surface area (Å²) >= 11 is 3.40. The average molecular weight is 392 g/mol. The van der Waals surface area contributed by atoms with Crippen LogP contribution in [0.25, 0.3) is 0 Å². The molecule has 2 rings (SSSR count). The van der Waals surface area contributed by atoms with E-state index < -0.39 is 11.9 Å². The lowest BCUT2D eigenvalue weighted by atomic mass is 10.2. The molecule has 0 saturated heterocycles. The average Bonchev–Trinajstić information content (AvgIpc) is 2.59. The smallest absolute Gasteiger partial charge is 0.337 e. The largest absolute Gasteiger partial charge is 0.483 e. The number of nitrogens with one attached hydrogen (secondary N) is 3. The molecule has 0 fully saturated rings. The number of benzene rings is 2. The molecule has 0 saturated carbocycles. The maximum atomic E-state index is 11.7. The van der Waals surface area contributed by atoms with E-state index in [9.17, 15) is 9.59 Å². The van der Waals surface area contributed by atoms with Crippen molar-refractivity contribution in [2.45, 2.75) is 13.3 Å². The van der Waals surface area contributed by atoms with Crippen molar-refractivity contribution in [1.29, 1.82) is 0 Å². The molecule has 0 radical (unpaired) electrons. The lowest BCUT2D eigenvalue weighted by molar-refractivity contribution is -0.123. The number of urea groups is 1. The molecule has 7 heteroatoms. The predicted molar refractivity (Wildman–Crippen MR) is 95.8 cm³/mol. The zero-order valence-corrected chi connectivity index (χ0v) is 14.7. The molecule has 0 atom stereocenters. The minimum atomic E-state index is -0.539. The molecule has 0 aromatic heterocycles. The van der Waals surface area contributed by atoms with Crippen molar-refractivity contribution in [1.82, 2.24) is 10.9 Å². The van der Waals surface area contributed by atoms with Crippen LogP contribution in [0, 0.1) is 0 Å². The Morgan fingerprint density at radius 3 is 2.50 bits per heavy atom. The van der Waals surface area contributed by atoms with E-state index in [2.05, 4.69) is 39.0 Å². The Hall–Kier alpha value is -2.54. The number of halogens is 1.